The van der Waals surface area contributed by atoms with Gasteiger partial charge in [0.05, 0.1) is 29.4 Å². The van der Waals surface area contributed by atoms with E-state index in [1.165, 1.54) is 0 Å². The largest absolute Gasteiger partial charge is 0.497 e. The topological polar surface area (TPSA) is 53.1 Å². The van der Waals surface area contributed by atoms with E-state index in [4.69, 9.17) is 14.2 Å². The smallest absolute Gasteiger partial charge is 0.150 e. The normalized spacial score (nSPS) is 11.1. The van der Waals surface area contributed by atoms with Gasteiger partial charge >= 0.3 is 0 Å². The minimum Gasteiger partial charge on any atom is -0.497 e. The molecule has 0 unspecified atom stereocenters. The van der Waals surface area contributed by atoms with Crippen LogP contribution in [0.25, 0.3) is 28.1 Å². The quantitative estimate of drug-likeness (QED) is 0.564. The van der Waals surface area contributed by atoms with Crippen LogP contribution in [-0.2, 0) is 6.42 Å². The van der Waals surface area contributed by atoms with E-state index in [0.29, 0.717) is 0 Å². The molecule has 5 heteroatoms. The Labute approximate surface area is 139 Å². The maximum Gasteiger partial charge on any atom is 0.150 e. The lowest BCUT2D eigenvalue weighted by atomic mass is 10.2. The highest BCUT2D eigenvalue weighted by atomic mass is 16.5. The number of hydrogen-bond acceptors (Lipinski definition) is 4. The molecule has 4 rings (SSSR count). The molecule has 0 bridgehead atoms. The van der Waals surface area contributed by atoms with Gasteiger partial charge in [0.15, 0.2) is 5.82 Å². The number of para-hydroxylation sites is 2. The predicted molar refractivity (Wildman–Crippen MR) is 92.5 cm³/mol. The summed E-state index contributed by atoms with van der Waals surface area (Å²) in [7, 11) is 1.66. The summed E-state index contributed by atoms with van der Waals surface area (Å²) < 4.78 is 12.6. The molecule has 0 atom stereocenters. The molecule has 4 aromatic rings. The fraction of sp³-hybridized carbons (Fsp3) is 0.158. The highest BCUT2D eigenvalue weighted by Crippen LogP contribution is 2.31. The summed E-state index contributed by atoms with van der Waals surface area (Å²) in [6, 6.07) is 16.0. The third-order valence-electron chi connectivity index (χ3n) is 4.11. The van der Waals surface area contributed by atoms with Gasteiger partial charge in [-0.25, -0.2) is 4.98 Å². The van der Waals surface area contributed by atoms with Crippen LogP contribution in [0.4, 0.5) is 0 Å². The van der Waals surface area contributed by atoms with Gasteiger partial charge in [-0.1, -0.05) is 24.2 Å². The highest BCUT2D eigenvalue weighted by molar-refractivity contribution is 5.83. The Kier molecular flexibility index (Phi) is 3.54. The van der Waals surface area contributed by atoms with Gasteiger partial charge in [-0.2, -0.15) is 0 Å². The van der Waals surface area contributed by atoms with Crippen molar-refractivity contribution in [3.8, 4) is 22.8 Å². The number of hydrogen-bond donors (Lipinski definition) is 0. The highest BCUT2D eigenvalue weighted by Gasteiger charge is 2.18. The SMILES string of the molecule is CCc1nocc1-c1nc2ccccc2n1-c1ccc(OC)cc1. The van der Waals surface area contributed by atoms with Crippen molar-refractivity contribution >= 4 is 11.0 Å². The molecule has 0 spiro atoms. The van der Waals surface area contributed by atoms with Gasteiger partial charge in [-0.3, -0.25) is 4.57 Å². The van der Waals surface area contributed by atoms with Crippen molar-refractivity contribution < 1.29 is 9.26 Å². The van der Waals surface area contributed by atoms with Crippen molar-refractivity contribution in [3.63, 3.8) is 0 Å². The Morgan fingerprint density at radius 2 is 1.88 bits per heavy atom. The summed E-state index contributed by atoms with van der Waals surface area (Å²) in [5.41, 5.74) is 4.82. The van der Waals surface area contributed by atoms with Crippen LogP contribution in [-0.4, -0.2) is 21.8 Å². The molecule has 0 amide bonds. The first-order chi connectivity index (χ1) is 11.8. The summed E-state index contributed by atoms with van der Waals surface area (Å²) in [6.07, 6.45) is 2.46. The average molecular weight is 319 g/mol. The van der Waals surface area contributed by atoms with Gasteiger partial charge in [0, 0.05) is 5.69 Å². The molecule has 24 heavy (non-hydrogen) atoms. The Morgan fingerprint density at radius 1 is 1.08 bits per heavy atom. The van der Waals surface area contributed by atoms with Crippen molar-refractivity contribution in [2.45, 2.75) is 13.3 Å². The third-order valence-corrected chi connectivity index (χ3v) is 4.11. The van der Waals surface area contributed by atoms with E-state index in [0.717, 1.165) is 46.0 Å². The molecular weight excluding hydrogens is 302 g/mol. The zero-order valence-electron chi connectivity index (χ0n) is 13.6. The van der Waals surface area contributed by atoms with Crippen LogP contribution >= 0.6 is 0 Å². The van der Waals surface area contributed by atoms with Crippen molar-refractivity contribution in [2.75, 3.05) is 7.11 Å². The average Bonchev–Trinajstić information content (AvgIpc) is 3.25. The van der Waals surface area contributed by atoms with Gasteiger partial charge in [-0.05, 0) is 42.8 Å². The molecule has 0 saturated heterocycles. The van der Waals surface area contributed by atoms with Gasteiger partial charge < -0.3 is 9.26 Å². The number of methoxy groups -OCH3 is 1. The molecule has 2 heterocycles. The first-order valence-corrected chi connectivity index (χ1v) is 7.87. The van der Waals surface area contributed by atoms with Crippen LogP contribution < -0.4 is 4.74 Å². The second kappa shape index (κ2) is 5.85. The predicted octanol–water partition coefficient (Wildman–Crippen LogP) is 4.25. The van der Waals surface area contributed by atoms with E-state index in [1.54, 1.807) is 13.4 Å². The maximum absolute atomic E-state index is 5.26. The number of fused-ring (bicyclic) bond motifs is 1. The van der Waals surface area contributed by atoms with E-state index in [1.807, 2.05) is 42.5 Å². The molecule has 0 aliphatic rings. The van der Waals surface area contributed by atoms with Crippen molar-refractivity contribution in [3.05, 3.63) is 60.5 Å². The zero-order valence-corrected chi connectivity index (χ0v) is 13.6. The minimum absolute atomic E-state index is 0.789. The van der Waals surface area contributed by atoms with E-state index in [-0.39, 0.29) is 0 Å². The summed E-state index contributed by atoms with van der Waals surface area (Å²) in [6.45, 7) is 2.06. The van der Waals surface area contributed by atoms with Crippen LogP contribution in [0.5, 0.6) is 5.75 Å². The van der Waals surface area contributed by atoms with E-state index < -0.39 is 0 Å². The molecule has 5 nitrogen and oxygen atoms in total. The Morgan fingerprint density at radius 3 is 2.62 bits per heavy atom. The monoisotopic (exact) mass is 319 g/mol. The van der Waals surface area contributed by atoms with Crippen LogP contribution in [0.3, 0.4) is 0 Å². The Balaban J connectivity index is 1.99. The van der Waals surface area contributed by atoms with Gasteiger partial charge in [0.2, 0.25) is 0 Å². The van der Waals surface area contributed by atoms with Crippen molar-refractivity contribution in [1.29, 1.82) is 0 Å². The van der Waals surface area contributed by atoms with E-state index in [2.05, 4.69) is 22.7 Å². The molecule has 0 radical (unpaired) electrons. The second-order valence-corrected chi connectivity index (χ2v) is 5.49. The molecule has 2 aromatic heterocycles. The summed E-state index contributed by atoms with van der Waals surface area (Å²) in [5.74, 6) is 1.66. The van der Waals surface area contributed by atoms with E-state index in [9.17, 15) is 0 Å². The fourth-order valence-corrected chi connectivity index (χ4v) is 2.90. The number of imidazole rings is 1. The molecule has 0 aliphatic carbocycles. The number of benzene rings is 2. The minimum atomic E-state index is 0.789. The molecule has 0 aliphatic heterocycles. The Hall–Kier alpha value is -3.08. The number of rotatable bonds is 4. The van der Waals surface area contributed by atoms with Crippen LogP contribution in [0.1, 0.15) is 12.6 Å². The van der Waals surface area contributed by atoms with Crippen LogP contribution in [0, 0.1) is 0 Å². The summed E-state index contributed by atoms with van der Waals surface area (Å²) in [4.78, 5) is 4.81. The first-order valence-electron chi connectivity index (χ1n) is 7.87. The molecule has 0 saturated carbocycles. The zero-order chi connectivity index (χ0) is 16.5. The van der Waals surface area contributed by atoms with Gasteiger partial charge in [0.1, 0.15) is 12.0 Å². The summed E-state index contributed by atoms with van der Waals surface area (Å²) in [5, 5.41) is 4.10. The lowest BCUT2D eigenvalue weighted by molar-refractivity contribution is 0.412. The van der Waals surface area contributed by atoms with Crippen molar-refractivity contribution in [2.24, 2.45) is 0 Å². The lowest BCUT2D eigenvalue weighted by Gasteiger charge is -2.09. The van der Waals surface area contributed by atoms with Crippen LogP contribution in [0.15, 0.2) is 59.3 Å². The molecular formula is C19H17N3O2. The molecule has 120 valence electrons. The first kappa shape index (κ1) is 14.5. The molecule has 2 aromatic carbocycles. The fourth-order valence-electron chi connectivity index (χ4n) is 2.90. The molecule has 0 fully saturated rings. The number of ether oxygens (including phenoxy) is 1. The number of aryl methyl sites for hydroxylation is 1. The van der Waals surface area contributed by atoms with Crippen LogP contribution in [0.2, 0.25) is 0 Å². The lowest BCUT2D eigenvalue weighted by Crippen LogP contribution is -1.98. The molecule has 0 N–H and O–H groups in total. The summed E-state index contributed by atoms with van der Waals surface area (Å²) >= 11 is 0. The van der Waals surface area contributed by atoms with E-state index >= 15 is 0 Å². The maximum atomic E-state index is 5.26. The standard InChI is InChI=1S/C19H17N3O2/c1-3-16-15(12-24-21-16)19-20-17-6-4-5-7-18(17)22(19)13-8-10-14(23-2)11-9-13/h4-12H,3H2,1-2H3. The van der Waals surface area contributed by atoms with Gasteiger partial charge in [0.25, 0.3) is 0 Å². The second-order valence-electron chi connectivity index (χ2n) is 5.49. The van der Waals surface area contributed by atoms with Gasteiger partial charge in [-0.15, -0.1) is 0 Å². The van der Waals surface area contributed by atoms with Crippen molar-refractivity contribution in [1.82, 2.24) is 14.7 Å². The Bertz CT molecular complexity index is 983. The third kappa shape index (κ3) is 2.25. The number of aromatic nitrogens is 3. The number of nitrogens with zero attached hydrogens (tertiary/aromatic N) is 3.